The number of carbonyl (C=O) groups excluding carboxylic acids is 1. The summed E-state index contributed by atoms with van der Waals surface area (Å²) in [6.07, 6.45) is 0. The standard InChI is InChI=1S/C7H5BO4/c9-7-5-3-1-2-4-6(5)11-8(10)12-7/h1-4,10H. The minimum Gasteiger partial charge on any atom is -0.500 e. The van der Waals surface area contributed by atoms with Crippen molar-refractivity contribution in [2.24, 2.45) is 0 Å². The predicted molar refractivity (Wildman–Crippen MR) is 40.5 cm³/mol. The Bertz CT molecular complexity index is 325. The molecule has 0 unspecified atom stereocenters. The lowest BCUT2D eigenvalue weighted by molar-refractivity contribution is 0.0620. The fourth-order valence-corrected chi connectivity index (χ4v) is 1.03. The van der Waals surface area contributed by atoms with Gasteiger partial charge in [-0.05, 0) is 12.1 Å². The monoisotopic (exact) mass is 164 g/mol. The first kappa shape index (κ1) is 7.18. The molecule has 1 aromatic carbocycles. The van der Waals surface area contributed by atoms with E-state index in [-0.39, 0.29) is 0 Å². The molecule has 0 saturated heterocycles. The number of para-hydroxylation sites is 1. The third kappa shape index (κ3) is 1.04. The summed E-state index contributed by atoms with van der Waals surface area (Å²) in [7, 11) is -1.48. The Morgan fingerprint density at radius 3 is 2.83 bits per heavy atom. The Balaban J connectivity index is 2.47. The van der Waals surface area contributed by atoms with Crippen LogP contribution in [0.1, 0.15) is 10.4 Å². The Kier molecular flexibility index (Phi) is 1.51. The summed E-state index contributed by atoms with van der Waals surface area (Å²) >= 11 is 0. The molecule has 0 aliphatic carbocycles. The molecule has 1 aliphatic rings. The third-order valence-corrected chi connectivity index (χ3v) is 1.54. The van der Waals surface area contributed by atoms with Gasteiger partial charge in [-0.2, -0.15) is 0 Å². The van der Waals surface area contributed by atoms with Crippen molar-refractivity contribution in [1.82, 2.24) is 0 Å². The summed E-state index contributed by atoms with van der Waals surface area (Å²) in [5.41, 5.74) is 0.336. The van der Waals surface area contributed by atoms with Gasteiger partial charge in [-0.1, -0.05) is 12.1 Å². The molecule has 2 rings (SSSR count). The molecular weight excluding hydrogens is 159 g/mol. The van der Waals surface area contributed by atoms with Gasteiger partial charge in [0.1, 0.15) is 5.75 Å². The third-order valence-electron chi connectivity index (χ3n) is 1.54. The molecule has 1 N–H and O–H groups in total. The average molecular weight is 164 g/mol. The highest BCUT2D eigenvalue weighted by Gasteiger charge is 2.32. The van der Waals surface area contributed by atoms with Gasteiger partial charge in [0.15, 0.2) is 0 Å². The summed E-state index contributed by atoms with van der Waals surface area (Å²) in [5, 5.41) is 8.86. The normalized spacial score (nSPS) is 14.8. The fourth-order valence-electron chi connectivity index (χ4n) is 1.03. The lowest BCUT2D eigenvalue weighted by Gasteiger charge is -2.17. The van der Waals surface area contributed by atoms with Gasteiger partial charge in [0.25, 0.3) is 0 Å². The maximum atomic E-state index is 11.0. The second-order valence-electron chi connectivity index (χ2n) is 2.33. The number of hydrogen-bond acceptors (Lipinski definition) is 4. The minimum absolute atomic E-state index is 0.336. The van der Waals surface area contributed by atoms with Crippen LogP contribution in [0.3, 0.4) is 0 Å². The maximum absolute atomic E-state index is 11.0. The van der Waals surface area contributed by atoms with E-state index >= 15 is 0 Å². The Hall–Kier alpha value is -1.49. The van der Waals surface area contributed by atoms with E-state index in [0.717, 1.165) is 0 Å². The molecule has 5 heteroatoms. The molecular formula is C7H5BO4. The zero-order valence-electron chi connectivity index (χ0n) is 6.06. The Labute approximate surface area is 68.9 Å². The molecule has 1 aliphatic heterocycles. The number of fused-ring (bicyclic) bond motifs is 1. The van der Waals surface area contributed by atoms with Crippen molar-refractivity contribution in [3.63, 3.8) is 0 Å². The summed E-state index contributed by atoms with van der Waals surface area (Å²) in [6.45, 7) is 0. The number of carbonyl (C=O) groups is 1. The van der Waals surface area contributed by atoms with Crippen molar-refractivity contribution in [2.45, 2.75) is 0 Å². The molecule has 0 fully saturated rings. The van der Waals surface area contributed by atoms with Gasteiger partial charge in [-0.15, -0.1) is 0 Å². The average Bonchev–Trinajstić information content (AvgIpc) is 2.04. The zero-order chi connectivity index (χ0) is 8.55. The van der Waals surface area contributed by atoms with Crippen molar-refractivity contribution in [1.29, 1.82) is 0 Å². The van der Waals surface area contributed by atoms with Gasteiger partial charge in [0, 0.05) is 0 Å². The van der Waals surface area contributed by atoms with Gasteiger partial charge in [-0.3, -0.25) is 0 Å². The van der Waals surface area contributed by atoms with Crippen molar-refractivity contribution in [3.8, 4) is 5.75 Å². The van der Waals surface area contributed by atoms with Gasteiger partial charge < -0.3 is 14.3 Å². The van der Waals surface area contributed by atoms with E-state index < -0.39 is 13.3 Å². The summed E-state index contributed by atoms with van der Waals surface area (Å²) < 4.78 is 9.22. The molecule has 1 heterocycles. The first-order chi connectivity index (χ1) is 5.77. The fraction of sp³-hybridized carbons (Fsp3) is 0. The smallest absolute Gasteiger partial charge is 0.500 e. The number of hydrogen-bond donors (Lipinski definition) is 1. The number of benzene rings is 1. The van der Waals surface area contributed by atoms with E-state index in [4.69, 9.17) is 9.68 Å². The van der Waals surface area contributed by atoms with Crippen LogP contribution in [0.2, 0.25) is 0 Å². The quantitative estimate of drug-likeness (QED) is 0.557. The van der Waals surface area contributed by atoms with Crippen molar-refractivity contribution in [3.05, 3.63) is 29.8 Å². The summed E-state index contributed by atoms with van der Waals surface area (Å²) in [6, 6.07) is 6.58. The van der Waals surface area contributed by atoms with E-state index in [9.17, 15) is 4.79 Å². The topological polar surface area (TPSA) is 55.8 Å². The van der Waals surface area contributed by atoms with E-state index in [1.807, 2.05) is 0 Å². The Morgan fingerprint density at radius 1 is 1.25 bits per heavy atom. The second-order valence-corrected chi connectivity index (χ2v) is 2.33. The van der Waals surface area contributed by atoms with Crippen molar-refractivity contribution in [2.75, 3.05) is 0 Å². The molecule has 0 atom stereocenters. The minimum atomic E-state index is -1.48. The van der Waals surface area contributed by atoms with Gasteiger partial charge >= 0.3 is 13.3 Å². The van der Waals surface area contributed by atoms with Crippen molar-refractivity contribution >= 4 is 13.3 Å². The van der Waals surface area contributed by atoms with Crippen LogP contribution in [-0.2, 0) is 4.65 Å². The molecule has 4 nitrogen and oxygen atoms in total. The van der Waals surface area contributed by atoms with Crippen LogP contribution < -0.4 is 4.65 Å². The highest BCUT2D eigenvalue weighted by atomic mass is 16.7. The van der Waals surface area contributed by atoms with Gasteiger partial charge in [-0.25, -0.2) is 4.79 Å². The van der Waals surface area contributed by atoms with Crippen LogP contribution in [-0.4, -0.2) is 18.3 Å². The lowest BCUT2D eigenvalue weighted by atomic mass is 10.1. The lowest BCUT2D eigenvalue weighted by Crippen LogP contribution is -2.34. The van der Waals surface area contributed by atoms with Crippen LogP contribution in [0, 0.1) is 0 Å². The van der Waals surface area contributed by atoms with Gasteiger partial charge in [0.05, 0.1) is 5.56 Å². The van der Waals surface area contributed by atoms with Crippen LogP contribution in [0.25, 0.3) is 0 Å². The maximum Gasteiger partial charge on any atom is 0.787 e. The molecule has 0 amide bonds. The highest BCUT2D eigenvalue weighted by molar-refractivity contribution is 6.40. The van der Waals surface area contributed by atoms with E-state index in [1.54, 1.807) is 24.3 Å². The van der Waals surface area contributed by atoms with Gasteiger partial charge in [0.2, 0.25) is 0 Å². The molecule has 0 spiro atoms. The molecule has 60 valence electrons. The van der Waals surface area contributed by atoms with Crippen LogP contribution >= 0.6 is 0 Å². The van der Waals surface area contributed by atoms with E-state index in [0.29, 0.717) is 11.3 Å². The zero-order valence-corrected chi connectivity index (χ0v) is 6.06. The van der Waals surface area contributed by atoms with E-state index in [1.165, 1.54) is 0 Å². The Morgan fingerprint density at radius 2 is 2.00 bits per heavy atom. The molecule has 0 bridgehead atoms. The summed E-state index contributed by atoms with van der Waals surface area (Å²) in [4.78, 5) is 11.0. The molecule has 12 heavy (non-hydrogen) atoms. The SMILES string of the molecule is O=C1OB(O)Oc2ccccc21. The largest absolute Gasteiger partial charge is 0.787 e. The first-order valence-electron chi connectivity index (χ1n) is 3.42. The van der Waals surface area contributed by atoms with Crippen molar-refractivity contribution < 1.29 is 19.1 Å². The van der Waals surface area contributed by atoms with Crippen LogP contribution in [0.5, 0.6) is 5.75 Å². The second kappa shape index (κ2) is 2.53. The molecule has 0 radical (unpaired) electrons. The molecule has 0 aromatic heterocycles. The predicted octanol–water partition coefficient (Wildman–Crippen LogP) is 0.213. The first-order valence-corrected chi connectivity index (χ1v) is 3.42. The highest BCUT2D eigenvalue weighted by Crippen LogP contribution is 2.23. The van der Waals surface area contributed by atoms with Crippen LogP contribution in [0.15, 0.2) is 24.3 Å². The summed E-state index contributed by atoms with van der Waals surface area (Å²) in [5.74, 6) is -0.217. The van der Waals surface area contributed by atoms with Crippen LogP contribution in [0.4, 0.5) is 0 Å². The number of rotatable bonds is 0. The van der Waals surface area contributed by atoms with E-state index in [2.05, 4.69) is 4.65 Å². The molecule has 1 aromatic rings. The molecule has 0 saturated carbocycles.